The van der Waals surface area contributed by atoms with Crippen molar-refractivity contribution in [1.82, 2.24) is 10.4 Å². The number of nitrogens with one attached hydrogen (secondary N) is 1. The highest BCUT2D eigenvalue weighted by molar-refractivity contribution is 5.75. The maximum atomic E-state index is 11.8. The Kier molecular flexibility index (Phi) is 7.19. The number of nitrogens with zero attached hydrogens (tertiary/aromatic N) is 1. The average molecular weight is 306 g/mol. The van der Waals surface area contributed by atoms with Gasteiger partial charge in [0.15, 0.2) is 0 Å². The Bertz CT molecular complexity index is 459. The molecule has 2 rings (SSSR count). The van der Waals surface area contributed by atoms with Crippen LogP contribution in [0.4, 0.5) is 0 Å². The molecule has 0 saturated carbocycles. The minimum Gasteiger partial charge on any atom is -0.496 e. The molecule has 1 aliphatic rings. The van der Waals surface area contributed by atoms with Crippen molar-refractivity contribution in [3.63, 3.8) is 0 Å². The van der Waals surface area contributed by atoms with Gasteiger partial charge in [-0.05, 0) is 44.0 Å². The van der Waals surface area contributed by atoms with E-state index in [4.69, 9.17) is 9.57 Å². The molecule has 1 aromatic rings. The molecule has 1 heterocycles. The number of carbonyl (C=O) groups is 1. The SMILES string of the molecule is COc1ccccc1CCC(=O)NOCCN1CCCCC1. The lowest BCUT2D eigenvalue weighted by molar-refractivity contribution is -0.133. The summed E-state index contributed by atoms with van der Waals surface area (Å²) in [6, 6.07) is 7.75. The summed E-state index contributed by atoms with van der Waals surface area (Å²) in [7, 11) is 1.64. The second kappa shape index (κ2) is 9.43. The highest BCUT2D eigenvalue weighted by Crippen LogP contribution is 2.18. The Labute approximate surface area is 132 Å². The Hall–Kier alpha value is -1.59. The van der Waals surface area contributed by atoms with E-state index in [2.05, 4.69) is 10.4 Å². The van der Waals surface area contributed by atoms with E-state index in [1.807, 2.05) is 24.3 Å². The molecule has 0 aliphatic carbocycles. The van der Waals surface area contributed by atoms with Crippen LogP contribution in [-0.4, -0.2) is 44.2 Å². The molecule has 0 atom stereocenters. The van der Waals surface area contributed by atoms with Gasteiger partial charge in [-0.1, -0.05) is 24.6 Å². The standard InChI is InChI=1S/C17H26N2O3/c1-21-16-8-4-3-7-15(16)9-10-17(20)18-22-14-13-19-11-5-2-6-12-19/h3-4,7-8H,2,5-6,9-14H2,1H3,(H,18,20). The normalized spacial score (nSPS) is 15.5. The molecule has 0 radical (unpaired) electrons. The first-order chi connectivity index (χ1) is 10.8. The van der Waals surface area contributed by atoms with Crippen LogP contribution >= 0.6 is 0 Å². The van der Waals surface area contributed by atoms with Gasteiger partial charge in [0.2, 0.25) is 5.91 Å². The number of benzene rings is 1. The van der Waals surface area contributed by atoms with Crippen LogP contribution in [0.1, 0.15) is 31.2 Å². The molecule has 0 aromatic heterocycles. The van der Waals surface area contributed by atoms with E-state index in [0.717, 1.165) is 30.9 Å². The molecule has 1 fully saturated rings. The number of hydroxylamine groups is 1. The van der Waals surface area contributed by atoms with Gasteiger partial charge in [0.25, 0.3) is 0 Å². The predicted molar refractivity (Wildman–Crippen MR) is 85.7 cm³/mol. The lowest BCUT2D eigenvalue weighted by Crippen LogP contribution is -2.35. The second-order valence-electron chi connectivity index (χ2n) is 5.59. The monoisotopic (exact) mass is 306 g/mol. The number of ether oxygens (including phenoxy) is 1. The maximum Gasteiger partial charge on any atom is 0.243 e. The van der Waals surface area contributed by atoms with E-state index in [9.17, 15) is 4.79 Å². The quantitative estimate of drug-likeness (QED) is 0.591. The number of hydrogen-bond donors (Lipinski definition) is 1. The van der Waals surface area contributed by atoms with Crippen LogP contribution in [0.2, 0.25) is 0 Å². The molecule has 122 valence electrons. The van der Waals surface area contributed by atoms with Crippen LogP contribution in [0.15, 0.2) is 24.3 Å². The second-order valence-corrected chi connectivity index (χ2v) is 5.59. The third-order valence-corrected chi connectivity index (χ3v) is 3.96. The Morgan fingerprint density at radius 1 is 1.23 bits per heavy atom. The smallest absolute Gasteiger partial charge is 0.243 e. The molecule has 0 bridgehead atoms. The molecular weight excluding hydrogens is 280 g/mol. The minimum atomic E-state index is -0.0930. The van der Waals surface area contributed by atoms with Crippen LogP contribution in [-0.2, 0) is 16.1 Å². The van der Waals surface area contributed by atoms with Gasteiger partial charge in [-0.3, -0.25) is 9.63 Å². The molecule has 1 aliphatic heterocycles. The van der Waals surface area contributed by atoms with E-state index in [1.165, 1.54) is 19.3 Å². The van der Waals surface area contributed by atoms with Gasteiger partial charge < -0.3 is 9.64 Å². The number of amides is 1. The third kappa shape index (κ3) is 5.66. The lowest BCUT2D eigenvalue weighted by atomic mass is 10.1. The van der Waals surface area contributed by atoms with Crippen LogP contribution in [0.5, 0.6) is 5.75 Å². The number of piperidine rings is 1. The molecule has 1 saturated heterocycles. The van der Waals surface area contributed by atoms with E-state index in [-0.39, 0.29) is 5.91 Å². The summed E-state index contributed by atoms with van der Waals surface area (Å²) in [5.41, 5.74) is 3.56. The first-order valence-electron chi connectivity index (χ1n) is 8.04. The van der Waals surface area contributed by atoms with Gasteiger partial charge in [-0.25, -0.2) is 5.48 Å². The highest BCUT2D eigenvalue weighted by Gasteiger charge is 2.10. The summed E-state index contributed by atoms with van der Waals surface area (Å²) >= 11 is 0. The van der Waals surface area contributed by atoms with Crippen molar-refractivity contribution in [2.45, 2.75) is 32.1 Å². The molecule has 5 heteroatoms. The number of rotatable bonds is 8. The summed E-state index contributed by atoms with van der Waals surface area (Å²) < 4.78 is 5.27. The van der Waals surface area contributed by atoms with Gasteiger partial charge in [-0.2, -0.15) is 0 Å². The Morgan fingerprint density at radius 3 is 2.77 bits per heavy atom. The number of para-hydroxylation sites is 1. The molecule has 5 nitrogen and oxygen atoms in total. The van der Waals surface area contributed by atoms with Crippen LogP contribution < -0.4 is 10.2 Å². The van der Waals surface area contributed by atoms with Crippen molar-refractivity contribution in [3.8, 4) is 5.75 Å². The fraction of sp³-hybridized carbons (Fsp3) is 0.588. The number of aryl methyl sites for hydroxylation is 1. The van der Waals surface area contributed by atoms with Crippen molar-refractivity contribution in [1.29, 1.82) is 0 Å². The summed E-state index contributed by atoms with van der Waals surface area (Å²) in [6.07, 6.45) is 4.91. The van der Waals surface area contributed by atoms with E-state index < -0.39 is 0 Å². The van der Waals surface area contributed by atoms with Gasteiger partial charge in [0, 0.05) is 13.0 Å². The minimum absolute atomic E-state index is 0.0930. The van der Waals surface area contributed by atoms with Crippen molar-refractivity contribution in [2.75, 3.05) is 33.4 Å². The zero-order valence-corrected chi connectivity index (χ0v) is 13.3. The van der Waals surface area contributed by atoms with Crippen LogP contribution in [0.3, 0.4) is 0 Å². The molecule has 0 spiro atoms. The van der Waals surface area contributed by atoms with Crippen molar-refractivity contribution in [2.24, 2.45) is 0 Å². The average Bonchev–Trinajstić information content (AvgIpc) is 2.58. The van der Waals surface area contributed by atoms with E-state index >= 15 is 0 Å². The van der Waals surface area contributed by atoms with Crippen molar-refractivity contribution >= 4 is 5.91 Å². The van der Waals surface area contributed by atoms with Crippen molar-refractivity contribution < 1.29 is 14.4 Å². The first-order valence-corrected chi connectivity index (χ1v) is 8.04. The number of methoxy groups -OCH3 is 1. The van der Waals surface area contributed by atoms with Gasteiger partial charge in [-0.15, -0.1) is 0 Å². The summed E-state index contributed by atoms with van der Waals surface area (Å²) in [4.78, 5) is 19.4. The predicted octanol–water partition coefficient (Wildman–Crippen LogP) is 2.16. The number of carbonyl (C=O) groups excluding carboxylic acids is 1. The zero-order chi connectivity index (χ0) is 15.6. The van der Waals surface area contributed by atoms with Crippen LogP contribution in [0.25, 0.3) is 0 Å². The van der Waals surface area contributed by atoms with Gasteiger partial charge in [0.05, 0.1) is 13.7 Å². The molecule has 1 aromatic carbocycles. The molecular formula is C17H26N2O3. The molecule has 1 amide bonds. The molecule has 0 unspecified atom stereocenters. The van der Waals surface area contributed by atoms with E-state index in [0.29, 0.717) is 19.4 Å². The fourth-order valence-electron chi connectivity index (χ4n) is 2.70. The zero-order valence-electron chi connectivity index (χ0n) is 13.3. The largest absolute Gasteiger partial charge is 0.496 e. The van der Waals surface area contributed by atoms with Gasteiger partial charge in [0.1, 0.15) is 5.75 Å². The molecule has 22 heavy (non-hydrogen) atoms. The fourth-order valence-corrected chi connectivity index (χ4v) is 2.70. The third-order valence-electron chi connectivity index (χ3n) is 3.96. The van der Waals surface area contributed by atoms with Gasteiger partial charge >= 0.3 is 0 Å². The number of hydrogen-bond acceptors (Lipinski definition) is 4. The number of likely N-dealkylation sites (tertiary alicyclic amines) is 1. The summed E-state index contributed by atoms with van der Waals surface area (Å²) in [5, 5.41) is 0. The van der Waals surface area contributed by atoms with Crippen LogP contribution in [0, 0.1) is 0 Å². The first kappa shape index (κ1) is 16.8. The molecule has 1 N–H and O–H groups in total. The topological polar surface area (TPSA) is 50.8 Å². The van der Waals surface area contributed by atoms with Crippen molar-refractivity contribution in [3.05, 3.63) is 29.8 Å². The maximum absolute atomic E-state index is 11.8. The highest BCUT2D eigenvalue weighted by atomic mass is 16.6. The van der Waals surface area contributed by atoms with E-state index in [1.54, 1.807) is 7.11 Å². The Morgan fingerprint density at radius 2 is 2.00 bits per heavy atom. The summed E-state index contributed by atoms with van der Waals surface area (Å²) in [5.74, 6) is 0.728. The summed E-state index contributed by atoms with van der Waals surface area (Å²) in [6.45, 7) is 3.71. The lowest BCUT2D eigenvalue weighted by Gasteiger charge is -2.25. The Balaban J connectivity index is 1.59.